The van der Waals surface area contributed by atoms with Crippen molar-refractivity contribution in [2.75, 3.05) is 17.6 Å². The SMILES string of the molecule is CCCCCNc1nc2ccc(N)cc2s1. The number of fused-ring (bicyclic) bond motifs is 1. The van der Waals surface area contributed by atoms with Crippen LogP contribution in [0.15, 0.2) is 18.2 Å². The number of nitrogen functional groups attached to an aromatic ring is 1. The molecule has 4 heteroatoms. The minimum Gasteiger partial charge on any atom is -0.399 e. The van der Waals surface area contributed by atoms with Crippen molar-refractivity contribution >= 4 is 32.4 Å². The summed E-state index contributed by atoms with van der Waals surface area (Å²) < 4.78 is 1.15. The van der Waals surface area contributed by atoms with Gasteiger partial charge < -0.3 is 11.1 Å². The number of nitrogens with two attached hydrogens (primary N) is 1. The van der Waals surface area contributed by atoms with Gasteiger partial charge in [0, 0.05) is 12.2 Å². The van der Waals surface area contributed by atoms with Crippen molar-refractivity contribution in [3.05, 3.63) is 18.2 Å². The molecule has 0 fully saturated rings. The molecule has 86 valence electrons. The average Bonchev–Trinajstić information content (AvgIpc) is 2.66. The molecule has 0 radical (unpaired) electrons. The normalized spacial score (nSPS) is 10.8. The highest BCUT2D eigenvalue weighted by atomic mass is 32.1. The number of unbranched alkanes of at least 4 members (excludes halogenated alkanes) is 2. The van der Waals surface area contributed by atoms with Gasteiger partial charge in [-0.15, -0.1) is 0 Å². The molecular weight excluding hydrogens is 218 g/mol. The maximum absolute atomic E-state index is 5.73. The van der Waals surface area contributed by atoms with Crippen molar-refractivity contribution in [1.82, 2.24) is 4.98 Å². The Balaban J connectivity index is 2.02. The molecule has 0 aliphatic heterocycles. The molecule has 0 aliphatic rings. The van der Waals surface area contributed by atoms with Crippen LogP contribution in [0.5, 0.6) is 0 Å². The second kappa shape index (κ2) is 5.16. The third-order valence-corrected chi connectivity index (χ3v) is 3.44. The number of hydrogen-bond acceptors (Lipinski definition) is 4. The summed E-state index contributed by atoms with van der Waals surface area (Å²) >= 11 is 1.67. The number of rotatable bonds is 5. The minimum absolute atomic E-state index is 0.800. The zero-order valence-electron chi connectivity index (χ0n) is 9.49. The lowest BCUT2D eigenvalue weighted by Gasteiger charge is -1.99. The number of anilines is 2. The summed E-state index contributed by atoms with van der Waals surface area (Å²) in [6.45, 7) is 3.21. The van der Waals surface area contributed by atoms with Crippen LogP contribution in [0.25, 0.3) is 10.2 Å². The predicted octanol–water partition coefficient (Wildman–Crippen LogP) is 3.48. The van der Waals surface area contributed by atoms with Crippen molar-refractivity contribution in [3.8, 4) is 0 Å². The van der Waals surface area contributed by atoms with Crippen LogP contribution in [0.2, 0.25) is 0 Å². The quantitative estimate of drug-likeness (QED) is 0.616. The van der Waals surface area contributed by atoms with Crippen LogP contribution in [0.1, 0.15) is 26.2 Å². The van der Waals surface area contributed by atoms with Crippen LogP contribution in [0.4, 0.5) is 10.8 Å². The largest absolute Gasteiger partial charge is 0.399 e. The Morgan fingerprint density at radius 2 is 2.25 bits per heavy atom. The Hall–Kier alpha value is -1.29. The van der Waals surface area contributed by atoms with Crippen LogP contribution in [0.3, 0.4) is 0 Å². The van der Waals surface area contributed by atoms with Crippen molar-refractivity contribution in [3.63, 3.8) is 0 Å². The van der Waals surface area contributed by atoms with E-state index < -0.39 is 0 Å². The van der Waals surface area contributed by atoms with Gasteiger partial charge in [0.05, 0.1) is 10.2 Å². The van der Waals surface area contributed by atoms with Gasteiger partial charge in [-0.3, -0.25) is 0 Å². The molecule has 2 rings (SSSR count). The lowest BCUT2D eigenvalue weighted by molar-refractivity contribution is 0.743. The maximum Gasteiger partial charge on any atom is 0.183 e. The highest BCUT2D eigenvalue weighted by Crippen LogP contribution is 2.27. The van der Waals surface area contributed by atoms with Crippen LogP contribution < -0.4 is 11.1 Å². The molecule has 0 amide bonds. The Kier molecular flexibility index (Phi) is 3.62. The monoisotopic (exact) mass is 235 g/mol. The molecule has 16 heavy (non-hydrogen) atoms. The lowest BCUT2D eigenvalue weighted by atomic mass is 10.2. The fraction of sp³-hybridized carbons (Fsp3) is 0.417. The average molecular weight is 235 g/mol. The Bertz CT molecular complexity index is 464. The first-order chi connectivity index (χ1) is 7.79. The number of benzene rings is 1. The first-order valence-corrected chi connectivity index (χ1v) is 6.51. The van der Waals surface area contributed by atoms with Gasteiger partial charge in [0.25, 0.3) is 0 Å². The van der Waals surface area contributed by atoms with Gasteiger partial charge in [-0.2, -0.15) is 0 Å². The molecule has 1 aromatic heterocycles. The highest BCUT2D eigenvalue weighted by molar-refractivity contribution is 7.22. The summed E-state index contributed by atoms with van der Waals surface area (Å²) in [6, 6.07) is 5.84. The van der Waals surface area contributed by atoms with Gasteiger partial charge >= 0.3 is 0 Å². The number of nitrogens with zero attached hydrogens (tertiary/aromatic N) is 1. The van der Waals surface area contributed by atoms with Crippen molar-refractivity contribution in [1.29, 1.82) is 0 Å². The summed E-state index contributed by atoms with van der Waals surface area (Å²) in [5.41, 5.74) is 7.56. The van der Waals surface area contributed by atoms with Crippen molar-refractivity contribution in [2.24, 2.45) is 0 Å². The van der Waals surface area contributed by atoms with Crippen LogP contribution in [-0.4, -0.2) is 11.5 Å². The molecule has 3 N–H and O–H groups in total. The summed E-state index contributed by atoms with van der Waals surface area (Å²) in [7, 11) is 0. The van der Waals surface area contributed by atoms with Crippen molar-refractivity contribution < 1.29 is 0 Å². The fourth-order valence-corrected chi connectivity index (χ4v) is 2.53. The maximum atomic E-state index is 5.73. The molecule has 0 bridgehead atoms. The summed E-state index contributed by atoms with van der Waals surface area (Å²) in [5.74, 6) is 0. The molecule has 0 saturated carbocycles. The van der Waals surface area contributed by atoms with E-state index in [4.69, 9.17) is 5.73 Å². The lowest BCUT2D eigenvalue weighted by Crippen LogP contribution is -2.00. The molecule has 3 nitrogen and oxygen atoms in total. The summed E-state index contributed by atoms with van der Waals surface area (Å²) in [4.78, 5) is 4.50. The summed E-state index contributed by atoms with van der Waals surface area (Å²) in [5, 5.41) is 4.35. The van der Waals surface area contributed by atoms with E-state index >= 15 is 0 Å². The highest BCUT2D eigenvalue weighted by Gasteiger charge is 2.02. The first kappa shape index (κ1) is 11.2. The molecule has 0 unspecified atom stereocenters. The number of aromatic nitrogens is 1. The molecule has 2 aromatic rings. The van der Waals surface area contributed by atoms with Crippen LogP contribution in [-0.2, 0) is 0 Å². The fourth-order valence-electron chi connectivity index (χ4n) is 1.59. The zero-order chi connectivity index (χ0) is 11.4. The molecule has 0 spiro atoms. The number of nitrogens with one attached hydrogen (secondary N) is 1. The van der Waals surface area contributed by atoms with Crippen LogP contribution in [0, 0.1) is 0 Å². The van der Waals surface area contributed by atoms with E-state index in [0.717, 1.165) is 27.6 Å². The second-order valence-corrected chi connectivity index (χ2v) is 4.91. The van der Waals surface area contributed by atoms with E-state index in [1.54, 1.807) is 11.3 Å². The van der Waals surface area contributed by atoms with E-state index in [-0.39, 0.29) is 0 Å². The molecule has 0 aliphatic carbocycles. The first-order valence-electron chi connectivity index (χ1n) is 5.69. The van der Waals surface area contributed by atoms with E-state index in [2.05, 4.69) is 17.2 Å². The smallest absolute Gasteiger partial charge is 0.183 e. The third kappa shape index (κ3) is 2.64. The Morgan fingerprint density at radius 1 is 1.38 bits per heavy atom. The molecule has 1 aromatic carbocycles. The topological polar surface area (TPSA) is 50.9 Å². The molecule has 0 atom stereocenters. The molecule has 1 heterocycles. The van der Waals surface area contributed by atoms with Gasteiger partial charge in [-0.05, 0) is 24.6 Å². The zero-order valence-corrected chi connectivity index (χ0v) is 10.3. The van der Waals surface area contributed by atoms with Gasteiger partial charge in [0.1, 0.15) is 0 Å². The van der Waals surface area contributed by atoms with E-state index in [1.165, 1.54) is 19.3 Å². The standard InChI is InChI=1S/C12H17N3S/c1-2-3-4-7-14-12-15-10-6-5-9(13)8-11(10)16-12/h5-6,8H,2-4,7,13H2,1H3,(H,14,15). The number of thiazole rings is 1. The Labute approximate surface area is 99.7 Å². The second-order valence-electron chi connectivity index (χ2n) is 3.88. The predicted molar refractivity (Wildman–Crippen MR) is 72.0 cm³/mol. The van der Waals surface area contributed by atoms with Gasteiger partial charge in [0.2, 0.25) is 0 Å². The van der Waals surface area contributed by atoms with E-state index in [1.807, 2.05) is 18.2 Å². The molecule has 0 saturated heterocycles. The van der Waals surface area contributed by atoms with Crippen LogP contribution >= 0.6 is 11.3 Å². The third-order valence-electron chi connectivity index (χ3n) is 2.47. The van der Waals surface area contributed by atoms with E-state index in [0.29, 0.717) is 0 Å². The Morgan fingerprint density at radius 3 is 3.06 bits per heavy atom. The van der Waals surface area contributed by atoms with Gasteiger partial charge in [-0.1, -0.05) is 31.1 Å². The minimum atomic E-state index is 0.800. The van der Waals surface area contributed by atoms with Gasteiger partial charge in [0.15, 0.2) is 5.13 Å². The number of hydrogen-bond donors (Lipinski definition) is 2. The molecular formula is C12H17N3S. The van der Waals surface area contributed by atoms with Crippen molar-refractivity contribution in [2.45, 2.75) is 26.2 Å². The van der Waals surface area contributed by atoms with Gasteiger partial charge in [-0.25, -0.2) is 4.98 Å². The summed E-state index contributed by atoms with van der Waals surface area (Å²) in [6.07, 6.45) is 3.72. The van der Waals surface area contributed by atoms with E-state index in [9.17, 15) is 0 Å².